The molecule has 7 heteroatoms. The molecule has 0 aliphatic carbocycles. The predicted octanol–water partition coefficient (Wildman–Crippen LogP) is 3.80. The minimum atomic E-state index is 0.719. The van der Waals surface area contributed by atoms with Crippen LogP contribution in [0.1, 0.15) is 19.3 Å². The van der Waals surface area contributed by atoms with E-state index >= 15 is 0 Å². The molecule has 140 valence electrons. The summed E-state index contributed by atoms with van der Waals surface area (Å²) in [5, 5.41) is 1.74. The summed E-state index contributed by atoms with van der Waals surface area (Å²) in [5.74, 6) is 1.62. The predicted molar refractivity (Wildman–Crippen MR) is 107 cm³/mol. The van der Waals surface area contributed by atoms with Gasteiger partial charge in [0, 0.05) is 61.5 Å². The van der Waals surface area contributed by atoms with Crippen LogP contribution in [0.25, 0.3) is 11.4 Å². The molecular formula is C19H25ClN4OS. The molecule has 3 heterocycles. The molecule has 5 nitrogen and oxygen atoms in total. The number of piperazine rings is 1. The van der Waals surface area contributed by atoms with E-state index < -0.39 is 0 Å². The maximum atomic E-state index is 6.08. The first kappa shape index (κ1) is 18.2. The van der Waals surface area contributed by atoms with E-state index in [1.54, 1.807) is 0 Å². The van der Waals surface area contributed by atoms with E-state index in [1.165, 1.54) is 37.3 Å². The standard InChI is InChI=1S/C19H25ClN4OS/c20-17-3-1-2-16(14-17)18-21-19(26-22-18)24-10-8-23(9-11-24)7-4-15-5-12-25-13-6-15/h1-3,14-15H,4-13H2. The van der Waals surface area contributed by atoms with Crippen LogP contribution in [0.15, 0.2) is 24.3 Å². The molecule has 0 spiro atoms. The Morgan fingerprint density at radius 3 is 2.73 bits per heavy atom. The van der Waals surface area contributed by atoms with E-state index in [-0.39, 0.29) is 0 Å². The molecule has 2 fully saturated rings. The van der Waals surface area contributed by atoms with Crippen molar-refractivity contribution in [1.29, 1.82) is 0 Å². The third-order valence-corrected chi connectivity index (χ3v) is 6.35. The van der Waals surface area contributed by atoms with Gasteiger partial charge in [-0.05, 0) is 43.9 Å². The number of rotatable bonds is 5. The van der Waals surface area contributed by atoms with Crippen molar-refractivity contribution >= 4 is 28.3 Å². The number of ether oxygens (including phenoxy) is 1. The SMILES string of the molecule is Clc1cccc(-c2nsc(N3CCN(CCC4CCOCC4)CC3)n2)c1. The van der Waals surface area contributed by atoms with Crippen LogP contribution in [0.3, 0.4) is 0 Å². The van der Waals surface area contributed by atoms with Crippen molar-refractivity contribution in [2.45, 2.75) is 19.3 Å². The third kappa shape index (κ3) is 4.55. The Labute approximate surface area is 164 Å². The molecule has 0 unspecified atom stereocenters. The second kappa shape index (κ2) is 8.65. The molecule has 0 amide bonds. The molecule has 1 aromatic carbocycles. The maximum absolute atomic E-state index is 6.08. The van der Waals surface area contributed by atoms with E-state index in [0.29, 0.717) is 0 Å². The Morgan fingerprint density at radius 2 is 1.96 bits per heavy atom. The van der Waals surface area contributed by atoms with Gasteiger partial charge in [-0.1, -0.05) is 23.7 Å². The van der Waals surface area contributed by atoms with Gasteiger partial charge in [0.1, 0.15) is 0 Å². The van der Waals surface area contributed by atoms with Gasteiger partial charge in [-0.25, -0.2) is 0 Å². The van der Waals surface area contributed by atoms with Gasteiger partial charge < -0.3 is 9.64 Å². The molecule has 0 saturated carbocycles. The Bertz CT molecular complexity index is 711. The third-order valence-electron chi connectivity index (χ3n) is 5.34. The molecule has 4 rings (SSSR count). The molecule has 2 saturated heterocycles. The highest BCUT2D eigenvalue weighted by Gasteiger charge is 2.22. The van der Waals surface area contributed by atoms with Gasteiger partial charge in [0.25, 0.3) is 0 Å². The number of anilines is 1. The first-order valence-corrected chi connectivity index (χ1v) is 10.6. The largest absolute Gasteiger partial charge is 0.381 e. The van der Waals surface area contributed by atoms with Crippen LogP contribution in [0.5, 0.6) is 0 Å². The number of hydrogen-bond acceptors (Lipinski definition) is 6. The van der Waals surface area contributed by atoms with Crippen molar-refractivity contribution in [3.05, 3.63) is 29.3 Å². The average molecular weight is 393 g/mol. The lowest BCUT2D eigenvalue weighted by atomic mass is 9.96. The molecule has 0 bridgehead atoms. The topological polar surface area (TPSA) is 41.5 Å². The lowest BCUT2D eigenvalue weighted by molar-refractivity contribution is 0.0598. The molecule has 0 atom stereocenters. The van der Waals surface area contributed by atoms with Crippen LogP contribution in [0.4, 0.5) is 5.13 Å². The second-order valence-electron chi connectivity index (χ2n) is 7.08. The molecule has 2 aliphatic heterocycles. The Morgan fingerprint density at radius 1 is 1.15 bits per heavy atom. The van der Waals surface area contributed by atoms with E-state index in [2.05, 4.69) is 14.2 Å². The lowest BCUT2D eigenvalue weighted by Gasteiger charge is -2.35. The van der Waals surface area contributed by atoms with Gasteiger partial charge in [0.2, 0.25) is 5.13 Å². The molecule has 1 aromatic heterocycles. The number of aromatic nitrogens is 2. The minimum Gasteiger partial charge on any atom is -0.381 e. The Kier molecular flexibility index (Phi) is 6.05. The Balaban J connectivity index is 1.28. The van der Waals surface area contributed by atoms with Crippen molar-refractivity contribution in [3.63, 3.8) is 0 Å². The van der Waals surface area contributed by atoms with Crippen molar-refractivity contribution in [1.82, 2.24) is 14.3 Å². The van der Waals surface area contributed by atoms with Gasteiger partial charge in [-0.2, -0.15) is 9.36 Å². The van der Waals surface area contributed by atoms with Gasteiger partial charge in [-0.15, -0.1) is 0 Å². The Hall–Kier alpha value is -1.21. The summed E-state index contributed by atoms with van der Waals surface area (Å²) in [6.07, 6.45) is 3.77. The highest BCUT2D eigenvalue weighted by atomic mass is 35.5. The molecule has 0 N–H and O–H groups in total. The van der Waals surface area contributed by atoms with Gasteiger partial charge >= 0.3 is 0 Å². The molecule has 0 radical (unpaired) electrons. The lowest BCUT2D eigenvalue weighted by Crippen LogP contribution is -2.47. The number of benzene rings is 1. The zero-order chi connectivity index (χ0) is 17.8. The molecule has 2 aliphatic rings. The van der Waals surface area contributed by atoms with Crippen LogP contribution in [0.2, 0.25) is 5.02 Å². The van der Waals surface area contributed by atoms with Crippen LogP contribution in [-0.2, 0) is 4.74 Å². The van der Waals surface area contributed by atoms with E-state index in [9.17, 15) is 0 Å². The van der Waals surface area contributed by atoms with Crippen molar-refractivity contribution in [2.75, 3.05) is 50.8 Å². The summed E-state index contributed by atoms with van der Waals surface area (Å²) >= 11 is 7.56. The number of nitrogens with zero attached hydrogens (tertiary/aromatic N) is 4. The fourth-order valence-electron chi connectivity index (χ4n) is 3.65. The average Bonchev–Trinajstić information content (AvgIpc) is 3.18. The summed E-state index contributed by atoms with van der Waals surface area (Å²) in [4.78, 5) is 9.68. The monoisotopic (exact) mass is 392 g/mol. The number of halogens is 1. The number of hydrogen-bond donors (Lipinski definition) is 0. The fraction of sp³-hybridized carbons (Fsp3) is 0.579. The van der Waals surface area contributed by atoms with Crippen molar-refractivity contribution in [3.8, 4) is 11.4 Å². The van der Waals surface area contributed by atoms with Gasteiger partial charge in [0.15, 0.2) is 5.82 Å². The van der Waals surface area contributed by atoms with E-state index in [4.69, 9.17) is 21.3 Å². The van der Waals surface area contributed by atoms with Crippen LogP contribution in [-0.4, -0.2) is 60.2 Å². The second-order valence-corrected chi connectivity index (χ2v) is 8.25. The van der Waals surface area contributed by atoms with E-state index in [1.807, 2.05) is 24.3 Å². The first-order chi connectivity index (χ1) is 12.8. The molecule has 2 aromatic rings. The molecule has 26 heavy (non-hydrogen) atoms. The summed E-state index contributed by atoms with van der Waals surface area (Å²) < 4.78 is 9.98. The van der Waals surface area contributed by atoms with Crippen molar-refractivity contribution < 1.29 is 4.74 Å². The highest BCUT2D eigenvalue weighted by molar-refractivity contribution is 7.09. The van der Waals surface area contributed by atoms with Crippen LogP contribution in [0, 0.1) is 5.92 Å². The van der Waals surface area contributed by atoms with Gasteiger partial charge in [-0.3, -0.25) is 4.90 Å². The zero-order valence-electron chi connectivity index (χ0n) is 14.9. The highest BCUT2D eigenvalue weighted by Crippen LogP contribution is 2.26. The fourth-order valence-corrected chi connectivity index (χ4v) is 4.58. The summed E-state index contributed by atoms with van der Waals surface area (Å²) in [7, 11) is 0. The summed E-state index contributed by atoms with van der Waals surface area (Å²) in [6.45, 7) is 7.37. The van der Waals surface area contributed by atoms with Gasteiger partial charge in [0.05, 0.1) is 0 Å². The normalized spacial score (nSPS) is 19.8. The molecular weight excluding hydrogens is 368 g/mol. The summed E-state index contributed by atoms with van der Waals surface area (Å²) in [6, 6.07) is 7.74. The quantitative estimate of drug-likeness (QED) is 0.774. The van der Waals surface area contributed by atoms with E-state index in [0.717, 1.165) is 66.9 Å². The first-order valence-electron chi connectivity index (χ1n) is 9.42. The van der Waals surface area contributed by atoms with Crippen molar-refractivity contribution in [2.24, 2.45) is 5.92 Å². The smallest absolute Gasteiger partial charge is 0.205 e. The maximum Gasteiger partial charge on any atom is 0.205 e. The minimum absolute atomic E-state index is 0.719. The van der Waals surface area contributed by atoms with Crippen LogP contribution >= 0.6 is 23.1 Å². The van der Waals surface area contributed by atoms with Crippen LogP contribution < -0.4 is 4.90 Å². The zero-order valence-corrected chi connectivity index (χ0v) is 16.5. The summed E-state index contributed by atoms with van der Waals surface area (Å²) in [5.41, 5.74) is 0.982.